The Morgan fingerprint density at radius 1 is 1.25 bits per heavy atom. The predicted octanol–water partition coefficient (Wildman–Crippen LogP) is 2.40. The van der Waals surface area contributed by atoms with Crippen molar-refractivity contribution in [2.45, 2.75) is 19.9 Å². The lowest BCUT2D eigenvalue weighted by Gasteiger charge is -2.23. The molecule has 88 valence electrons. The van der Waals surface area contributed by atoms with Crippen molar-refractivity contribution >= 4 is 6.08 Å². The molecule has 0 saturated heterocycles. The smallest absolute Gasteiger partial charge is 0.0558 e. The summed E-state index contributed by atoms with van der Waals surface area (Å²) in [7, 11) is 0. The highest BCUT2D eigenvalue weighted by Gasteiger charge is 2.05. The number of nitrogens with zero attached hydrogens (tertiary/aromatic N) is 1. The second-order valence-corrected chi connectivity index (χ2v) is 4.13. The van der Waals surface area contributed by atoms with E-state index in [9.17, 15) is 0 Å². The summed E-state index contributed by atoms with van der Waals surface area (Å²) in [6.07, 6.45) is 4.26. The van der Waals surface area contributed by atoms with E-state index in [1.807, 2.05) is 18.2 Å². The molecule has 0 heterocycles. The fraction of sp³-hybridized carbons (Fsp3) is 0.429. The van der Waals surface area contributed by atoms with Crippen LogP contribution in [-0.2, 0) is 0 Å². The number of hydrogen-bond donors (Lipinski definition) is 1. The zero-order valence-corrected chi connectivity index (χ0v) is 10.1. The average Bonchev–Trinajstić information content (AvgIpc) is 2.29. The Morgan fingerprint density at radius 2 is 1.94 bits per heavy atom. The van der Waals surface area contributed by atoms with Crippen LogP contribution >= 0.6 is 0 Å². The number of aliphatic hydroxyl groups is 1. The van der Waals surface area contributed by atoms with Crippen molar-refractivity contribution in [2.75, 3.05) is 19.7 Å². The quantitative estimate of drug-likeness (QED) is 0.794. The lowest BCUT2D eigenvalue weighted by molar-refractivity contribution is 0.180. The maximum Gasteiger partial charge on any atom is 0.0558 e. The summed E-state index contributed by atoms with van der Waals surface area (Å²) in [6, 6.07) is 10.7. The maximum atomic E-state index is 8.94. The molecule has 16 heavy (non-hydrogen) atoms. The second-order valence-electron chi connectivity index (χ2n) is 4.13. The average molecular weight is 219 g/mol. The SMILES string of the molecule is CC(C)N(CC=Cc1ccccc1)CCO. The minimum Gasteiger partial charge on any atom is -0.395 e. The van der Waals surface area contributed by atoms with Gasteiger partial charge in [0.15, 0.2) is 0 Å². The third kappa shape index (κ3) is 4.60. The Morgan fingerprint density at radius 3 is 2.50 bits per heavy atom. The largest absolute Gasteiger partial charge is 0.395 e. The molecule has 2 nitrogen and oxygen atoms in total. The monoisotopic (exact) mass is 219 g/mol. The van der Waals surface area contributed by atoms with E-state index in [0.717, 1.165) is 13.1 Å². The third-order valence-electron chi connectivity index (χ3n) is 2.57. The van der Waals surface area contributed by atoms with Gasteiger partial charge in [-0.3, -0.25) is 4.90 Å². The first-order valence-corrected chi connectivity index (χ1v) is 5.80. The van der Waals surface area contributed by atoms with E-state index in [0.29, 0.717) is 6.04 Å². The van der Waals surface area contributed by atoms with Gasteiger partial charge in [-0.25, -0.2) is 0 Å². The number of aliphatic hydroxyl groups excluding tert-OH is 1. The molecule has 0 aromatic heterocycles. The maximum absolute atomic E-state index is 8.94. The van der Waals surface area contributed by atoms with Gasteiger partial charge in [-0.1, -0.05) is 42.5 Å². The van der Waals surface area contributed by atoms with Gasteiger partial charge >= 0.3 is 0 Å². The van der Waals surface area contributed by atoms with Crippen LogP contribution in [0.15, 0.2) is 36.4 Å². The van der Waals surface area contributed by atoms with Gasteiger partial charge in [0.2, 0.25) is 0 Å². The summed E-state index contributed by atoms with van der Waals surface area (Å²) in [5.41, 5.74) is 1.22. The summed E-state index contributed by atoms with van der Waals surface area (Å²) >= 11 is 0. The first kappa shape index (κ1) is 12.9. The van der Waals surface area contributed by atoms with Crippen LogP contribution in [-0.4, -0.2) is 35.7 Å². The molecule has 2 heteroatoms. The van der Waals surface area contributed by atoms with Crippen molar-refractivity contribution in [3.8, 4) is 0 Å². The van der Waals surface area contributed by atoms with E-state index in [1.54, 1.807) is 0 Å². The van der Waals surface area contributed by atoms with Gasteiger partial charge in [0.1, 0.15) is 0 Å². The lowest BCUT2D eigenvalue weighted by atomic mass is 10.2. The molecule has 0 saturated carbocycles. The number of hydrogen-bond acceptors (Lipinski definition) is 2. The van der Waals surface area contributed by atoms with Gasteiger partial charge in [-0.05, 0) is 19.4 Å². The third-order valence-corrected chi connectivity index (χ3v) is 2.57. The van der Waals surface area contributed by atoms with Crippen LogP contribution in [0.4, 0.5) is 0 Å². The van der Waals surface area contributed by atoms with Crippen LogP contribution < -0.4 is 0 Å². The van der Waals surface area contributed by atoms with E-state index in [-0.39, 0.29) is 6.61 Å². The van der Waals surface area contributed by atoms with E-state index >= 15 is 0 Å². The Balaban J connectivity index is 2.45. The first-order chi connectivity index (χ1) is 7.74. The molecule has 0 aliphatic carbocycles. The van der Waals surface area contributed by atoms with Crippen LogP contribution in [0.5, 0.6) is 0 Å². The summed E-state index contributed by atoms with van der Waals surface area (Å²) in [5, 5.41) is 8.94. The molecular weight excluding hydrogens is 198 g/mol. The van der Waals surface area contributed by atoms with E-state index in [2.05, 4.69) is 43.0 Å². The molecule has 0 fully saturated rings. The summed E-state index contributed by atoms with van der Waals surface area (Å²) in [5.74, 6) is 0. The van der Waals surface area contributed by atoms with E-state index in [1.165, 1.54) is 5.56 Å². The molecule has 0 amide bonds. The van der Waals surface area contributed by atoms with Gasteiger partial charge in [0, 0.05) is 19.1 Å². The lowest BCUT2D eigenvalue weighted by Crippen LogP contribution is -2.33. The van der Waals surface area contributed by atoms with Gasteiger partial charge in [0.05, 0.1) is 6.61 Å². The Kier molecular flexibility index (Phi) is 5.83. The fourth-order valence-corrected chi connectivity index (χ4v) is 1.58. The van der Waals surface area contributed by atoms with E-state index < -0.39 is 0 Å². The Bertz CT molecular complexity index is 306. The van der Waals surface area contributed by atoms with Crippen molar-refractivity contribution < 1.29 is 5.11 Å². The molecule has 0 bridgehead atoms. The molecular formula is C14H21NO. The summed E-state index contributed by atoms with van der Waals surface area (Å²) in [4.78, 5) is 2.24. The van der Waals surface area contributed by atoms with Gasteiger partial charge in [-0.2, -0.15) is 0 Å². The minimum atomic E-state index is 0.220. The van der Waals surface area contributed by atoms with Gasteiger partial charge in [-0.15, -0.1) is 0 Å². The first-order valence-electron chi connectivity index (χ1n) is 5.80. The predicted molar refractivity (Wildman–Crippen MR) is 69.3 cm³/mol. The normalized spacial score (nSPS) is 11.8. The highest BCUT2D eigenvalue weighted by Crippen LogP contribution is 2.03. The van der Waals surface area contributed by atoms with Gasteiger partial charge < -0.3 is 5.11 Å². The van der Waals surface area contributed by atoms with Crippen LogP contribution in [0, 0.1) is 0 Å². The van der Waals surface area contributed by atoms with Crippen molar-refractivity contribution in [1.82, 2.24) is 4.90 Å². The zero-order chi connectivity index (χ0) is 11.8. The van der Waals surface area contributed by atoms with Crippen molar-refractivity contribution in [3.05, 3.63) is 42.0 Å². The standard InChI is InChI=1S/C14H21NO/c1-13(2)15(11-12-16)10-6-9-14-7-4-3-5-8-14/h3-9,13,16H,10-12H2,1-2H3. The fourth-order valence-electron chi connectivity index (χ4n) is 1.58. The molecule has 0 radical (unpaired) electrons. The highest BCUT2D eigenvalue weighted by molar-refractivity contribution is 5.48. The number of benzene rings is 1. The van der Waals surface area contributed by atoms with Crippen molar-refractivity contribution in [3.63, 3.8) is 0 Å². The molecule has 0 unspecified atom stereocenters. The minimum absolute atomic E-state index is 0.220. The molecule has 1 aromatic carbocycles. The molecule has 1 rings (SSSR count). The molecule has 0 spiro atoms. The molecule has 1 N–H and O–H groups in total. The topological polar surface area (TPSA) is 23.5 Å². The molecule has 0 aliphatic rings. The zero-order valence-electron chi connectivity index (χ0n) is 10.1. The van der Waals surface area contributed by atoms with Crippen LogP contribution in [0.2, 0.25) is 0 Å². The van der Waals surface area contributed by atoms with Crippen LogP contribution in [0.1, 0.15) is 19.4 Å². The van der Waals surface area contributed by atoms with Gasteiger partial charge in [0.25, 0.3) is 0 Å². The second kappa shape index (κ2) is 7.20. The van der Waals surface area contributed by atoms with Crippen LogP contribution in [0.3, 0.4) is 0 Å². The summed E-state index contributed by atoms with van der Waals surface area (Å²) < 4.78 is 0. The molecule has 0 atom stereocenters. The Hall–Kier alpha value is -1.12. The summed E-state index contributed by atoms with van der Waals surface area (Å²) in [6.45, 7) is 6.12. The van der Waals surface area contributed by atoms with Crippen molar-refractivity contribution in [2.24, 2.45) is 0 Å². The van der Waals surface area contributed by atoms with Crippen LogP contribution in [0.25, 0.3) is 6.08 Å². The molecule has 1 aromatic rings. The van der Waals surface area contributed by atoms with Crippen molar-refractivity contribution in [1.29, 1.82) is 0 Å². The number of rotatable bonds is 6. The highest BCUT2D eigenvalue weighted by atomic mass is 16.3. The Labute approximate surface area is 98.2 Å². The molecule has 0 aliphatic heterocycles. The van der Waals surface area contributed by atoms with E-state index in [4.69, 9.17) is 5.11 Å².